The second-order valence-corrected chi connectivity index (χ2v) is 16.4. The quantitative estimate of drug-likeness (QED) is 0.277. The number of alkyl halides is 1. The summed E-state index contributed by atoms with van der Waals surface area (Å²) in [6.07, 6.45) is 14.8. The molecule has 10 atom stereocenters. The fourth-order valence-electron chi connectivity index (χ4n) is 11.7. The van der Waals surface area contributed by atoms with Crippen LogP contribution in [0.1, 0.15) is 126 Å². The van der Waals surface area contributed by atoms with E-state index in [9.17, 15) is 4.79 Å². The summed E-state index contributed by atoms with van der Waals surface area (Å²) in [5, 5.41) is 0. The van der Waals surface area contributed by atoms with Crippen LogP contribution in [0, 0.1) is 56.2 Å². The van der Waals surface area contributed by atoms with Gasteiger partial charge in [0.05, 0.1) is 0 Å². The van der Waals surface area contributed by atoms with Crippen molar-refractivity contribution in [3.63, 3.8) is 0 Å². The molecular weight excluding hydrogens is 452 g/mol. The standard InChI is InChI=1S/C32H53ClO2/c1-21-22(35-26(34)20-33)9-10-23-29(21,5)12-11-24-30(23,6)16-18-32(8)25-19-27(2,3)13-14-28(25,4)15-17-31(24,32)7/h21-25H,9-20H2,1-8H3. The largest absolute Gasteiger partial charge is 0.461 e. The van der Waals surface area contributed by atoms with Crippen molar-refractivity contribution in [1.82, 2.24) is 0 Å². The van der Waals surface area contributed by atoms with Gasteiger partial charge in [0.15, 0.2) is 0 Å². The summed E-state index contributed by atoms with van der Waals surface area (Å²) >= 11 is 5.80. The van der Waals surface area contributed by atoms with Crippen LogP contribution in [-0.2, 0) is 9.53 Å². The minimum absolute atomic E-state index is 0.0308. The Kier molecular flexibility index (Phi) is 6.13. The highest BCUT2D eigenvalue weighted by molar-refractivity contribution is 6.26. The zero-order valence-corrected chi connectivity index (χ0v) is 24.8. The van der Waals surface area contributed by atoms with Crippen LogP contribution in [0.25, 0.3) is 0 Å². The van der Waals surface area contributed by atoms with E-state index in [-0.39, 0.29) is 23.4 Å². The maximum atomic E-state index is 12.0. The Bertz CT molecular complexity index is 868. The van der Waals surface area contributed by atoms with Gasteiger partial charge in [-0.2, -0.15) is 0 Å². The molecule has 3 heteroatoms. The van der Waals surface area contributed by atoms with Gasteiger partial charge in [0.2, 0.25) is 0 Å². The first-order chi connectivity index (χ1) is 16.2. The Morgan fingerprint density at radius 1 is 0.743 bits per heavy atom. The lowest BCUT2D eigenvalue weighted by molar-refractivity contribution is -0.263. The highest BCUT2D eigenvalue weighted by atomic mass is 35.5. The molecule has 0 spiro atoms. The van der Waals surface area contributed by atoms with E-state index in [2.05, 4.69) is 55.4 Å². The SMILES string of the molecule is CC1C(OC(=O)CCl)CCC2C1(C)CCC1C2(C)CCC2(C)C3CC(C)(C)CCC3(C)CCC12C. The molecule has 0 saturated heterocycles. The highest BCUT2D eigenvalue weighted by Gasteiger charge is 2.70. The summed E-state index contributed by atoms with van der Waals surface area (Å²) in [4.78, 5) is 12.0. The van der Waals surface area contributed by atoms with E-state index < -0.39 is 0 Å². The predicted molar refractivity (Wildman–Crippen MR) is 145 cm³/mol. The molecule has 5 saturated carbocycles. The van der Waals surface area contributed by atoms with Crippen molar-refractivity contribution in [2.24, 2.45) is 56.2 Å². The van der Waals surface area contributed by atoms with E-state index in [1.807, 2.05) is 0 Å². The van der Waals surface area contributed by atoms with Gasteiger partial charge in [-0.1, -0.05) is 55.4 Å². The molecular formula is C32H53ClO2. The third-order valence-corrected chi connectivity index (χ3v) is 14.5. The summed E-state index contributed by atoms with van der Waals surface area (Å²) in [6.45, 7) is 20.8. The molecule has 0 radical (unpaired) electrons. The number of halogens is 1. The minimum Gasteiger partial charge on any atom is -0.461 e. The van der Waals surface area contributed by atoms with Crippen molar-refractivity contribution < 1.29 is 9.53 Å². The van der Waals surface area contributed by atoms with Crippen LogP contribution >= 0.6 is 11.6 Å². The number of carbonyl (C=O) groups excluding carboxylic acids is 1. The van der Waals surface area contributed by atoms with Crippen LogP contribution in [0.3, 0.4) is 0 Å². The first-order valence-electron chi connectivity index (χ1n) is 14.9. The molecule has 35 heavy (non-hydrogen) atoms. The topological polar surface area (TPSA) is 26.3 Å². The summed E-state index contributed by atoms with van der Waals surface area (Å²) in [6, 6.07) is 0. The molecule has 0 aromatic carbocycles. The van der Waals surface area contributed by atoms with Crippen LogP contribution in [0.5, 0.6) is 0 Å². The van der Waals surface area contributed by atoms with E-state index in [4.69, 9.17) is 16.3 Å². The average Bonchev–Trinajstić information content (AvgIpc) is 2.79. The summed E-state index contributed by atoms with van der Waals surface area (Å²) in [5.41, 5.74) is 2.57. The van der Waals surface area contributed by atoms with Gasteiger partial charge in [0, 0.05) is 0 Å². The maximum Gasteiger partial charge on any atom is 0.321 e. The van der Waals surface area contributed by atoms with Crippen molar-refractivity contribution in [3.05, 3.63) is 0 Å². The van der Waals surface area contributed by atoms with Gasteiger partial charge in [0.1, 0.15) is 12.0 Å². The minimum atomic E-state index is -0.243. The molecule has 5 rings (SSSR count). The van der Waals surface area contributed by atoms with Gasteiger partial charge in [0.25, 0.3) is 0 Å². The van der Waals surface area contributed by atoms with Crippen molar-refractivity contribution in [2.45, 2.75) is 132 Å². The normalized spacial score (nSPS) is 55.1. The average molecular weight is 505 g/mol. The molecule has 10 unspecified atom stereocenters. The second-order valence-electron chi connectivity index (χ2n) is 16.1. The van der Waals surface area contributed by atoms with E-state index in [1.165, 1.54) is 64.2 Å². The third-order valence-electron chi connectivity index (χ3n) is 14.3. The third kappa shape index (κ3) is 3.56. The van der Waals surface area contributed by atoms with Crippen molar-refractivity contribution in [3.8, 4) is 0 Å². The van der Waals surface area contributed by atoms with Crippen LogP contribution in [-0.4, -0.2) is 18.0 Å². The first-order valence-corrected chi connectivity index (χ1v) is 15.4. The fraction of sp³-hybridized carbons (Fsp3) is 0.969. The van der Waals surface area contributed by atoms with Gasteiger partial charge in [-0.25, -0.2) is 0 Å². The van der Waals surface area contributed by atoms with Crippen LogP contribution in [0.2, 0.25) is 0 Å². The zero-order valence-electron chi connectivity index (χ0n) is 24.1. The Morgan fingerprint density at radius 3 is 2.06 bits per heavy atom. The summed E-state index contributed by atoms with van der Waals surface area (Å²) < 4.78 is 5.88. The summed E-state index contributed by atoms with van der Waals surface area (Å²) in [7, 11) is 0. The van der Waals surface area contributed by atoms with Crippen molar-refractivity contribution in [1.29, 1.82) is 0 Å². The molecule has 5 fully saturated rings. The van der Waals surface area contributed by atoms with E-state index >= 15 is 0 Å². The van der Waals surface area contributed by atoms with E-state index in [0.29, 0.717) is 33.0 Å². The second kappa shape index (κ2) is 8.13. The molecule has 2 nitrogen and oxygen atoms in total. The number of fused-ring (bicyclic) bond motifs is 7. The molecule has 0 N–H and O–H groups in total. The lowest BCUT2D eigenvalue weighted by atomic mass is 9.30. The Labute approximate surface area is 221 Å². The lowest BCUT2D eigenvalue weighted by Crippen LogP contribution is -2.68. The smallest absolute Gasteiger partial charge is 0.321 e. The van der Waals surface area contributed by atoms with Gasteiger partial charge < -0.3 is 4.74 Å². The van der Waals surface area contributed by atoms with E-state index in [1.54, 1.807) is 0 Å². The Hall–Kier alpha value is -0.240. The summed E-state index contributed by atoms with van der Waals surface area (Å²) in [5.74, 6) is 2.53. The number of esters is 1. The molecule has 0 amide bonds. The lowest BCUT2D eigenvalue weighted by Gasteiger charge is -2.75. The number of ether oxygens (including phenoxy) is 1. The molecule has 5 aliphatic carbocycles. The van der Waals surface area contributed by atoms with Gasteiger partial charge in [-0.3, -0.25) is 4.79 Å². The number of carbonyl (C=O) groups is 1. The first kappa shape index (κ1) is 26.4. The fourth-order valence-corrected chi connectivity index (χ4v) is 11.8. The van der Waals surface area contributed by atoms with E-state index in [0.717, 1.165) is 24.2 Å². The molecule has 0 aliphatic heterocycles. The maximum absolute atomic E-state index is 12.0. The monoisotopic (exact) mass is 504 g/mol. The van der Waals surface area contributed by atoms with Crippen molar-refractivity contribution in [2.75, 3.05) is 5.88 Å². The van der Waals surface area contributed by atoms with Crippen LogP contribution in [0.4, 0.5) is 0 Å². The van der Waals surface area contributed by atoms with Gasteiger partial charge in [-0.05, 0) is 127 Å². The van der Waals surface area contributed by atoms with Crippen molar-refractivity contribution >= 4 is 17.6 Å². The van der Waals surface area contributed by atoms with Crippen LogP contribution < -0.4 is 0 Å². The Balaban J connectivity index is 1.47. The molecule has 0 aromatic heterocycles. The van der Waals surface area contributed by atoms with Gasteiger partial charge in [-0.15, -0.1) is 11.6 Å². The van der Waals surface area contributed by atoms with Gasteiger partial charge >= 0.3 is 5.97 Å². The highest BCUT2D eigenvalue weighted by Crippen LogP contribution is 2.78. The molecule has 200 valence electrons. The molecule has 0 aromatic rings. The zero-order chi connectivity index (χ0) is 25.7. The Morgan fingerprint density at radius 2 is 1.37 bits per heavy atom. The predicted octanol–water partition coefficient (Wildman–Crippen LogP) is 9.04. The molecule has 5 aliphatic rings. The molecule has 0 bridgehead atoms. The number of rotatable bonds is 2. The number of hydrogen-bond acceptors (Lipinski definition) is 2. The number of hydrogen-bond donors (Lipinski definition) is 0. The molecule has 0 heterocycles. The van der Waals surface area contributed by atoms with Crippen LogP contribution in [0.15, 0.2) is 0 Å².